The summed E-state index contributed by atoms with van der Waals surface area (Å²) in [5.74, 6) is 1.39. The van der Waals surface area contributed by atoms with Crippen LogP contribution < -0.4 is 4.74 Å². The summed E-state index contributed by atoms with van der Waals surface area (Å²) in [5, 5.41) is 0. The summed E-state index contributed by atoms with van der Waals surface area (Å²) in [7, 11) is 0. The highest BCUT2D eigenvalue weighted by Gasteiger charge is 2.04. The number of hydrogen-bond donors (Lipinski definition) is 0. The van der Waals surface area contributed by atoms with Gasteiger partial charge in [-0.1, -0.05) is 6.07 Å². The van der Waals surface area contributed by atoms with Crippen LogP contribution >= 0.6 is 38.5 Å². The van der Waals surface area contributed by atoms with E-state index < -0.39 is 0 Å². The van der Waals surface area contributed by atoms with Gasteiger partial charge in [0.2, 0.25) is 5.88 Å². The van der Waals surface area contributed by atoms with Crippen molar-refractivity contribution in [3.63, 3.8) is 0 Å². The highest BCUT2D eigenvalue weighted by Crippen LogP contribution is 2.28. The molecule has 4 heteroatoms. The van der Waals surface area contributed by atoms with Gasteiger partial charge in [0, 0.05) is 9.77 Å². The Balaban J connectivity index is 2.27. The molecule has 0 saturated heterocycles. The van der Waals surface area contributed by atoms with Crippen LogP contribution in [0.25, 0.3) is 0 Å². The predicted molar refractivity (Wildman–Crippen MR) is 75.9 cm³/mol. The van der Waals surface area contributed by atoms with E-state index in [1.807, 2.05) is 37.3 Å². The smallest absolute Gasteiger partial charge is 0.233 e. The maximum absolute atomic E-state index is 5.68. The minimum absolute atomic E-state index is 0.590. The van der Waals surface area contributed by atoms with Gasteiger partial charge in [-0.2, -0.15) is 0 Å². The van der Waals surface area contributed by atoms with Gasteiger partial charge in [0.25, 0.3) is 0 Å². The van der Waals surface area contributed by atoms with Crippen LogP contribution in [0.2, 0.25) is 0 Å². The fourth-order valence-corrected chi connectivity index (χ4v) is 2.30. The molecule has 1 aromatic carbocycles. The Hall–Kier alpha value is -0.620. The van der Waals surface area contributed by atoms with E-state index in [2.05, 4.69) is 43.5 Å². The average Bonchev–Trinajstić information content (AvgIpc) is 2.22. The van der Waals surface area contributed by atoms with Crippen molar-refractivity contribution in [1.82, 2.24) is 4.98 Å². The molecule has 0 bridgehead atoms. The van der Waals surface area contributed by atoms with Crippen molar-refractivity contribution >= 4 is 38.5 Å². The quantitative estimate of drug-likeness (QED) is 0.703. The molecule has 0 aliphatic rings. The molecule has 0 N–H and O–H groups in total. The zero-order valence-electron chi connectivity index (χ0n) is 8.58. The topological polar surface area (TPSA) is 22.1 Å². The first-order valence-electron chi connectivity index (χ1n) is 4.71. The molecule has 82 valence electrons. The molecule has 1 heterocycles. The third kappa shape index (κ3) is 2.95. The molecule has 0 aliphatic carbocycles. The van der Waals surface area contributed by atoms with E-state index in [1.165, 1.54) is 0 Å². The number of benzene rings is 1. The molecule has 2 aromatic rings. The number of ether oxygens (including phenoxy) is 1. The van der Waals surface area contributed by atoms with E-state index >= 15 is 0 Å². The molecule has 2 nitrogen and oxygen atoms in total. The van der Waals surface area contributed by atoms with Gasteiger partial charge < -0.3 is 4.74 Å². The van der Waals surface area contributed by atoms with Gasteiger partial charge in [-0.15, -0.1) is 0 Å². The second-order valence-corrected chi connectivity index (χ2v) is 5.46. The van der Waals surface area contributed by atoms with Gasteiger partial charge in [-0.25, -0.2) is 4.98 Å². The lowest BCUT2D eigenvalue weighted by Gasteiger charge is -2.07. The highest BCUT2D eigenvalue weighted by atomic mass is 127. The second kappa shape index (κ2) is 5.14. The van der Waals surface area contributed by atoms with Crippen LogP contribution in [0.3, 0.4) is 0 Å². The Morgan fingerprint density at radius 3 is 2.81 bits per heavy atom. The first kappa shape index (κ1) is 11.9. The molecule has 1 aromatic heterocycles. The summed E-state index contributed by atoms with van der Waals surface area (Å²) < 4.78 is 7.69. The number of hydrogen-bond acceptors (Lipinski definition) is 2. The molecule has 0 saturated carbocycles. The van der Waals surface area contributed by atoms with Gasteiger partial charge >= 0.3 is 0 Å². The zero-order chi connectivity index (χ0) is 11.5. The lowest BCUT2D eigenvalue weighted by Crippen LogP contribution is -1.90. The molecule has 2 rings (SSSR count). The molecule has 16 heavy (non-hydrogen) atoms. The van der Waals surface area contributed by atoms with Crippen LogP contribution in [0.5, 0.6) is 11.6 Å². The Bertz CT molecular complexity index is 516. The fraction of sp³-hybridized carbons (Fsp3) is 0.0833. The zero-order valence-corrected chi connectivity index (χ0v) is 12.3. The van der Waals surface area contributed by atoms with E-state index in [0.717, 1.165) is 19.4 Å². The van der Waals surface area contributed by atoms with Crippen molar-refractivity contribution in [2.75, 3.05) is 0 Å². The first-order chi connectivity index (χ1) is 7.65. The number of rotatable bonds is 2. The van der Waals surface area contributed by atoms with Gasteiger partial charge in [0.1, 0.15) is 5.75 Å². The summed E-state index contributed by atoms with van der Waals surface area (Å²) >= 11 is 5.68. The molecule has 0 unspecified atom stereocenters. The highest BCUT2D eigenvalue weighted by molar-refractivity contribution is 14.1. The largest absolute Gasteiger partial charge is 0.438 e. The van der Waals surface area contributed by atoms with Crippen LogP contribution in [0, 0.1) is 10.5 Å². The Labute approximate surface area is 116 Å². The van der Waals surface area contributed by atoms with Gasteiger partial charge in [0.05, 0.1) is 4.47 Å². The van der Waals surface area contributed by atoms with Crippen LogP contribution in [-0.2, 0) is 0 Å². The van der Waals surface area contributed by atoms with E-state index in [-0.39, 0.29) is 0 Å². The minimum atomic E-state index is 0.590. The normalized spacial score (nSPS) is 10.2. The van der Waals surface area contributed by atoms with Gasteiger partial charge in [0.15, 0.2) is 0 Å². The molecule has 0 spiro atoms. The van der Waals surface area contributed by atoms with Crippen molar-refractivity contribution < 1.29 is 4.74 Å². The van der Waals surface area contributed by atoms with Crippen molar-refractivity contribution in [2.45, 2.75) is 6.92 Å². The summed E-state index contributed by atoms with van der Waals surface area (Å²) in [5.41, 5.74) is 1.10. The van der Waals surface area contributed by atoms with E-state index in [1.54, 1.807) is 6.20 Å². The lowest BCUT2D eigenvalue weighted by molar-refractivity contribution is 0.459. The Kier molecular flexibility index (Phi) is 3.81. The van der Waals surface area contributed by atoms with Crippen molar-refractivity contribution in [3.8, 4) is 11.6 Å². The molecule has 0 atom stereocenters. The molecule has 0 amide bonds. The summed E-state index contributed by atoms with van der Waals surface area (Å²) in [6, 6.07) is 9.84. The van der Waals surface area contributed by atoms with Gasteiger partial charge in [-0.3, -0.25) is 0 Å². The fourth-order valence-electron chi connectivity index (χ4n) is 1.24. The molecule has 0 aliphatic heterocycles. The number of aryl methyl sites for hydroxylation is 1. The summed E-state index contributed by atoms with van der Waals surface area (Å²) in [6.07, 6.45) is 1.79. The number of halogens is 2. The van der Waals surface area contributed by atoms with Crippen LogP contribution in [0.15, 0.2) is 41.0 Å². The van der Waals surface area contributed by atoms with E-state index in [9.17, 15) is 0 Å². The number of nitrogens with zero attached hydrogens (tertiary/aromatic N) is 1. The third-order valence-electron chi connectivity index (χ3n) is 1.95. The Morgan fingerprint density at radius 2 is 2.12 bits per heavy atom. The third-order valence-corrected chi connectivity index (χ3v) is 3.19. The lowest BCUT2D eigenvalue weighted by atomic mass is 10.3. The van der Waals surface area contributed by atoms with Crippen LogP contribution in [0.1, 0.15) is 5.56 Å². The Morgan fingerprint density at radius 1 is 1.31 bits per heavy atom. The predicted octanol–water partition coefficient (Wildman–Crippen LogP) is 4.55. The summed E-state index contributed by atoms with van der Waals surface area (Å²) in [6.45, 7) is 1.99. The molecular weight excluding hydrogens is 381 g/mol. The molecular formula is C12H9BrINO. The average molecular weight is 390 g/mol. The van der Waals surface area contributed by atoms with Crippen molar-refractivity contribution in [1.29, 1.82) is 0 Å². The van der Waals surface area contributed by atoms with Crippen LogP contribution in [-0.4, -0.2) is 4.98 Å². The monoisotopic (exact) mass is 389 g/mol. The second-order valence-electron chi connectivity index (χ2n) is 3.36. The van der Waals surface area contributed by atoms with Gasteiger partial charge in [-0.05, 0) is 75.3 Å². The standard InChI is InChI=1S/C12H9BrINO/c1-8-5-11(13)12(15-7-8)16-10-4-2-3-9(14)6-10/h2-7H,1H3. The number of pyridine rings is 1. The van der Waals surface area contributed by atoms with Crippen LogP contribution in [0.4, 0.5) is 0 Å². The maximum atomic E-state index is 5.68. The van der Waals surface area contributed by atoms with E-state index in [0.29, 0.717) is 5.88 Å². The number of aromatic nitrogens is 1. The van der Waals surface area contributed by atoms with E-state index in [4.69, 9.17) is 4.74 Å². The minimum Gasteiger partial charge on any atom is -0.438 e. The van der Waals surface area contributed by atoms with Crippen molar-refractivity contribution in [2.24, 2.45) is 0 Å². The summed E-state index contributed by atoms with van der Waals surface area (Å²) in [4.78, 5) is 4.23. The SMILES string of the molecule is Cc1cnc(Oc2cccc(I)c2)c(Br)c1. The van der Waals surface area contributed by atoms with Crippen molar-refractivity contribution in [3.05, 3.63) is 50.1 Å². The first-order valence-corrected chi connectivity index (χ1v) is 6.58. The molecule has 0 fully saturated rings. The maximum Gasteiger partial charge on any atom is 0.233 e. The molecule has 0 radical (unpaired) electrons.